The molecule has 0 aromatic heterocycles. The number of hydrogen-bond donors (Lipinski definition) is 1. The van der Waals surface area contributed by atoms with Gasteiger partial charge in [-0.1, -0.05) is 12.1 Å². The summed E-state index contributed by atoms with van der Waals surface area (Å²) in [7, 11) is 3.44. The highest BCUT2D eigenvalue weighted by atomic mass is 16.5. The summed E-state index contributed by atoms with van der Waals surface area (Å²) >= 11 is 0. The lowest BCUT2D eigenvalue weighted by Crippen LogP contribution is -2.30. The molecule has 0 amide bonds. The Bertz CT molecular complexity index is 306. The molecule has 0 aliphatic carbocycles. The van der Waals surface area contributed by atoms with Gasteiger partial charge in [0.1, 0.15) is 0 Å². The molecule has 1 rings (SSSR count). The first kappa shape index (κ1) is 15.0. The van der Waals surface area contributed by atoms with Crippen LogP contribution in [0.2, 0.25) is 0 Å². The lowest BCUT2D eigenvalue weighted by molar-refractivity contribution is 0.190. The summed E-state index contributed by atoms with van der Waals surface area (Å²) in [5, 5.41) is 0. The van der Waals surface area contributed by atoms with Crippen molar-refractivity contribution in [1.82, 2.24) is 0 Å². The summed E-state index contributed by atoms with van der Waals surface area (Å²) in [5.74, 6) is 0. The van der Waals surface area contributed by atoms with Crippen LogP contribution in [0.4, 0.5) is 5.69 Å². The van der Waals surface area contributed by atoms with E-state index in [4.69, 9.17) is 15.2 Å². The van der Waals surface area contributed by atoms with Gasteiger partial charge in [0.2, 0.25) is 0 Å². The van der Waals surface area contributed by atoms with Crippen LogP contribution in [-0.2, 0) is 15.9 Å². The Kier molecular flexibility index (Phi) is 7.41. The number of anilines is 1. The molecule has 1 aromatic rings. The van der Waals surface area contributed by atoms with Crippen molar-refractivity contribution >= 4 is 5.69 Å². The third-order valence-corrected chi connectivity index (χ3v) is 2.87. The number of hydrogen-bond acceptors (Lipinski definition) is 4. The Morgan fingerprint density at radius 3 is 2.00 bits per heavy atom. The Morgan fingerprint density at radius 1 is 1.00 bits per heavy atom. The van der Waals surface area contributed by atoms with Crippen LogP contribution in [-0.4, -0.2) is 47.1 Å². The fraction of sp³-hybridized carbons (Fsp3) is 0.571. The van der Waals surface area contributed by atoms with E-state index in [1.807, 2.05) is 0 Å². The molecule has 0 unspecified atom stereocenters. The molecule has 0 aliphatic rings. The van der Waals surface area contributed by atoms with Crippen LogP contribution < -0.4 is 10.6 Å². The summed E-state index contributed by atoms with van der Waals surface area (Å²) in [5.41, 5.74) is 8.02. The second kappa shape index (κ2) is 8.91. The maximum Gasteiger partial charge on any atom is 0.0637 e. The number of nitrogens with two attached hydrogens (primary N) is 1. The van der Waals surface area contributed by atoms with Crippen molar-refractivity contribution in [2.24, 2.45) is 5.73 Å². The van der Waals surface area contributed by atoms with Crippen molar-refractivity contribution in [2.75, 3.05) is 52.0 Å². The third kappa shape index (κ3) is 5.04. The average Bonchev–Trinajstić information content (AvgIpc) is 2.41. The molecule has 0 spiro atoms. The highest BCUT2D eigenvalue weighted by molar-refractivity contribution is 5.47. The first-order valence-corrected chi connectivity index (χ1v) is 6.33. The molecule has 4 nitrogen and oxygen atoms in total. The summed E-state index contributed by atoms with van der Waals surface area (Å²) in [4.78, 5) is 2.26. The molecule has 18 heavy (non-hydrogen) atoms. The number of ether oxygens (including phenoxy) is 2. The quantitative estimate of drug-likeness (QED) is 0.719. The maximum atomic E-state index is 5.55. The highest BCUT2D eigenvalue weighted by Crippen LogP contribution is 2.15. The molecule has 0 aliphatic heterocycles. The molecule has 0 atom stereocenters. The second-order valence-electron chi connectivity index (χ2n) is 4.18. The maximum absolute atomic E-state index is 5.55. The van der Waals surface area contributed by atoms with E-state index in [0.717, 1.165) is 19.5 Å². The molecule has 0 saturated carbocycles. The Morgan fingerprint density at radius 2 is 1.56 bits per heavy atom. The van der Waals surface area contributed by atoms with Crippen molar-refractivity contribution in [1.29, 1.82) is 0 Å². The van der Waals surface area contributed by atoms with Gasteiger partial charge >= 0.3 is 0 Å². The molecule has 102 valence electrons. The predicted octanol–water partition coefficient (Wildman–Crippen LogP) is 1.29. The van der Waals surface area contributed by atoms with Crippen LogP contribution in [0.15, 0.2) is 24.3 Å². The highest BCUT2D eigenvalue weighted by Gasteiger charge is 2.05. The molecular weight excluding hydrogens is 228 g/mol. The van der Waals surface area contributed by atoms with Crippen LogP contribution in [0.25, 0.3) is 0 Å². The van der Waals surface area contributed by atoms with Gasteiger partial charge in [0.05, 0.1) is 13.2 Å². The summed E-state index contributed by atoms with van der Waals surface area (Å²) < 4.78 is 10.3. The largest absolute Gasteiger partial charge is 0.383 e. The van der Waals surface area contributed by atoms with Crippen LogP contribution in [0.5, 0.6) is 0 Å². The van der Waals surface area contributed by atoms with Crippen molar-refractivity contribution in [2.45, 2.75) is 6.42 Å². The van der Waals surface area contributed by atoms with E-state index in [2.05, 4.69) is 29.2 Å². The second-order valence-corrected chi connectivity index (χ2v) is 4.18. The summed E-state index contributed by atoms with van der Waals surface area (Å²) in [6.07, 6.45) is 0.927. The average molecular weight is 252 g/mol. The van der Waals surface area contributed by atoms with Gasteiger partial charge in [-0.15, -0.1) is 0 Å². The van der Waals surface area contributed by atoms with E-state index in [1.165, 1.54) is 11.3 Å². The van der Waals surface area contributed by atoms with Gasteiger partial charge < -0.3 is 20.1 Å². The molecule has 4 heteroatoms. The Balaban J connectivity index is 2.64. The van der Waals surface area contributed by atoms with E-state index in [1.54, 1.807) is 14.2 Å². The van der Waals surface area contributed by atoms with Crippen LogP contribution in [0, 0.1) is 0 Å². The normalized spacial score (nSPS) is 10.6. The van der Waals surface area contributed by atoms with Crippen LogP contribution in [0.1, 0.15) is 5.56 Å². The number of nitrogens with zero attached hydrogens (tertiary/aromatic N) is 1. The van der Waals surface area contributed by atoms with Crippen molar-refractivity contribution < 1.29 is 9.47 Å². The third-order valence-electron chi connectivity index (χ3n) is 2.87. The predicted molar refractivity (Wildman–Crippen MR) is 75.2 cm³/mol. The van der Waals surface area contributed by atoms with Gasteiger partial charge in [0.25, 0.3) is 0 Å². The zero-order chi connectivity index (χ0) is 13.2. The summed E-state index contributed by atoms with van der Waals surface area (Å²) in [6, 6.07) is 8.54. The molecule has 0 fully saturated rings. The molecule has 0 radical (unpaired) electrons. The van der Waals surface area contributed by atoms with E-state index in [-0.39, 0.29) is 0 Å². The minimum atomic E-state index is 0.691. The van der Waals surface area contributed by atoms with E-state index in [0.29, 0.717) is 19.8 Å². The first-order chi connectivity index (χ1) is 8.81. The van der Waals surface area contributed by atoms with E-state index in [9.17, 15) is 0 Å². The topological polar surface area (TPSA) is 47.7 Å². The van der Waals surface area contributed by atoms with Crippen molar-refractivity contribution in [3.05, 3.63) is 29.8 Å². The first-order valence-electron chi connectivity index (χ1n) is 6.33. The summed E-state index contributed by atoms with van der Waals surface area (Å²) in [6.45, 7) is 3.87. The lowest BCUT2D eigenvalue weighted by atomic mass is 10.1. The van der Waals surface area contributed by atoms with E-state index >= 15 is 0 Å². The van der Waals surface area contributed by atoms with Crippen LogP contribution in [0.3, 0.4) is 0 Å². The standard InChI is InChI=1S/C14H24N2O2/c1-17-11-9-16(10-12-18-2)14-5-3-13(4-6-14)7-8-15/h3-6H,7-12,15H2,1-2H3. The molecular formula is C14H24N2O2. The van der Waals surface area contributed by atoms with Crippen molar-refractivity contribution in [3.8, 4) is 0 Å². The van der Waals surface area contributed by atoms with E-state index < -0.39 is 0 Å². The minimum Gasteiger partial charge on any atom is -0.383 e. The number of methoxy groups -OCH3 is 2. The Hall–Kier alpha value is -1.10. The zero-order valence-corrected chi connectivity index (χ0v) is 11.4. The van der Waals surface area contributed by atoms with Gasteiger partial charge in [-0.2, -0.15) is 0 Å². The van der Waals surface area contributed by atoms with Crippen molar-refractivity contribution in [3.63, 3.8) is 0 Å². The smallest absolute Gasteiger partial charge is 0.0637 e. The molecule has 0 heterocycles. The van der Waals surface area contributed by atoms with Gasteiger partial charge in [0, 0.05) is 33.0 Å². The fourth-order valence-electron chi connectivity index (χ4n) is 1.81. The lowest BCUT2D eigenvalue weighted by Gasteiger charge is -2.24. The molecule has 1 aromatic carbocycles. The fourth-order valence-corrected chi connectivity index (χ4v) is 1.81. The minimum absolute atomic E-state index is 0.691. The number of benzene rings is 1. The number of rotatable bonds is 9. The SMILES string of the molecule is COCCN(CCOC)c1ccc(CCN)cc1. The van der Waals surface area contributed by atoms with Gasteiger partial charge in [-0.25, -0.2) is 0 Å². The molecule has 2 N–H and O–H groups in total. The van der Waals surface area contributed by atoms with Gasteiger partial charge in [-0.3, -0.25) is 0 Å². The van der Waals surface area contributed by atoms with Gasteiger partial charge in [0.15, 0.2) is 0 Å². The Labute approximate surface area is 110 Å². The van der Waals surface area contributed by atoms with Gasteiger partial charge in [-0.05, 0) is 30.7 Å². The zero-order valence-electron chi connectivity index (χ0n) is 11.4. The van der Waals surface area contributed by atoms with Crippen LogP contribution >= 0.6 is 0 Å². The molecule has 0 bridgehead atoms. The molecule has 0 saturated heterocycles. The monoisotopic (exact) mass is 252 g/mol.